The number of carbonyl (C=O) groups excluding carboxylic acids is 1. The summed E-state index contributed by atoms with van der Waals surface area (Å²) in [6, 6.07) is -0.120. The van der Waals surface area contributed by atoms with Crippen molar-refractivity contribution in [2.24, 2.45) is 0 Å². The van der Waals surface area contributed by atoms with Crippen molar-refractivity contribution in [1.82, 2.24) is 5.32 Å². The number of rotatable bonds is 5. The zero-order valence-electron chi connectivity index (χ0n) is 11.4. The largest absolute Gasteiger partial charge is 0.459 e. The molecule has 0 amide bonds. The normalized spacial score (nSPS) is 24.9. The first-order valence-electron chi connectivity index (χ1n) is 6.53. The fourth-order valence-electron chi connectivity index (χ4n) is 1.79. The van der Waals surface area contributed by atoms with Crippen molar-refractivity contribution in [1.29, 1.82) is 0 Å². The molecule has 4 heteroatoms. The summed E-state index contributed by atoms with van der Waals surface area (Å²) in [4.78, 5) is 11.8. The third kappa shape index (κ3) is 5.77. The number of hydrogen-bond acceptors (Lipinski definition) is 4. The summed E-state index contributed by atoms with van der Waals surface area (Å²) >= 11 is 1.84. The van der Waals surface area contributed by atoms with Crippen LogP contribution in [-0.4, -0.2) is 28.7 Å². The first-order chi connectivity index (χ1) is 7.92. The molecule has 1 rings (SSSR count). The van der Waals surface area contributed by atoms with Crippen LogP contribution in [0.4, 0.5) is 0 Å². The van der Waals surface area contributed by atoms with Crippen LogP contribution >= 0.6 is 11.8 Å². The van der Waals surface area contributed by atoms with Crippen molar-refractivity contribution in [3.8, 4) is 0 Å². The Morgan fingerprint density at radius 2 is 2.12 bits per heavy atom. The van der Waals surface area contributed by atoms with Crippen molar-refractivity contribution in [3.63, 3.8) is 0 Å². The van der Waals surface area contributed by atoms with Crippen LogP contribution in [0, 0.1) is 0 Å². The van der Waals surface area contributed by atoms with Gasteiger partial charge >= 0.3 is 5.97 Å². The van der Waals surface area contributed by atoms with E-state index in [9.17, 15) is 4.79 Å². The van der Waals surface area contributed by atoms with Gasteiger partial charge < -0.3 is 4.74 Å². The van der Waals surface area contributed by atoms with E-state index in [-0.39, 0.29) is 17.6 Å². The average molecular weight is 259 g/mol. The van der Waals surface area contributed by atoms with Gasteiger partial charge in [-0.1, -0.05) is 26.2 Å². The van der Waals surface area contributed by atoms with E-state index in [1.807, 2.05) is 32.5 Å². The van der Waals surface area contributed by atoms with Crippen LogP contribution in [0.1, 0.15) is 53.4 Å². The molecule has 0 aliphatic carbocycles. The first-order valence-corrected chi connectivity index (χ1v) is 7.58. The van der Waals surface area contributed by atoms with Gasteiger partial charge in [0, 0.05) is 5.75 Å². The number of unbranched alkanes of at least 4 members (excludes halogenated alkanes) is 2. The highest BCUT2D eigenvalue weighted by Gasteiger charge is 2.32. The molecule has 1 aliphatic heterocycles. The SMILES string of the molecule is CCCCCC1NC(C(=O)OC(C)(C)C)CS1. The molecule has 1 heterocycles. The molecule has 0 bridgehead atoms. The second-order valence-electron chi connectivity index (χ2n) is 5.57. The fraction of sp³-hybridized carbons (Fsp3) is 0.923. The monoisotopic (exact) mass is 259 g/mol. The minimum atomic E-state index is -0.385. The number of esters is 1. The van der Waals surface area contributed by atoms with Crippen LogP contribution in [0.5, 0.6) is 0 Å². The lowest BCUT2D eigenvalue weighted by molar-refractivity contribution is -0.156. The second-order valence-corrected chi connectivity index (χ2v) is 6.81. The molecule has 0 aromatic rings. The summed E-state index contributed by atoms with van der Waals surface area (Å²) < 4.78 is 5.38. The van der Waals surface area contributed by atoms with Crippen molar-refractivity contribution >= 4 is 17.7 Å². The number of nitrogens with one attached hydrogen (secondary N) is 1. The molecular weight excluding hydrogens is 234 g/mol. The van der Waals surface area contributed by atoms with Gasteiger partial charge in [0.05, 0.1) is 5.37 Å². The third-order valence-electron chi connectivity index (χ3n) is 2.61. The van der Waals surface area contributed by atoms with Crippen LogP contribution in [0.15, 0.2) is 0 Å². The van der Waals surface area contributed by atoms with Crippen LogP contribution in [0.2, 0.25) is 0 Å². The highest BCUT2D eigenvalue weighted by molar-refractivity contribution is 8.00. The van der Waals surface area contributed by atoms with E-state index in [1.54, 1.807) is 0 Å². The predicted molar refractivity (Wildman–Crippen MR) is 73.2 cm³/mol. The molecule has 1 N–H and O–H groups in total. The first kappa shape index (κ1) is 14.8. The van der Waals surface area contributed by atoms with E-state index < -0.39 is 0 Å². The van der Waals surface area contributed by atoms with Gasteiger partial charge in [-0.3, -0.25) is 10.1 Å². The minimum Gasteiger partial charge on any atom is -0.459 e. The van der Waals surface area contributed by atoms with Gasteiger partial charge in [0.2, 0.25) is 0 Å². The van der Waals surface area contributed by atoms with Crippen molar-refractivity contribution in [3.05, 3.63) is 0 Å². The maximum atomic E-state index is 11.8. The van der Waals surface area contributed by atoms with Gasteiger partial charge in [0.25, 0.3) is 0 Å². The zero-order chi connectivity index (χ0) is 12.9. The molecule has 17 heavy (non-hydrogen) atoms. The Labute approximate surface area is 109 Å². The lowest BCUT2D eigenvalue weighted by Crippen LogP contribution is -2.41. The summed E-state index contributed by atoms with van der Waals surface area (Å²) in [5.41, 5.74) is -0.385. The molecule has 1 fully saturated rings. The van der Waals surface area contributed by atoms with E-state index in [1.165, 1.54) is 19.3 Å². The molecule has 0 aromatic heterocycles. The molecule has 0 radical (unpaired) electrons. The molecule has 1 aliphatic rings. The van der Waals surface area contributed by atoms with Crippen molar-refractivity contribution in [2.75, 3.05) is 5.75 Å². The summed E-state index contributed by atoms with van der Waals surface area (Å²) in [5, 5.41) is 3.79. The van der Waals surface area contributed by atoms with E-state index in [2.05, 4.69) is 12.2 Å². The zero-order valence-corrected chi connectivity index (χ0v) is 12.2. The quantitative estimate of drug-likeness (QED) is 0.608. The van der Waals surface area contributed by atoms with Crippen LogP contribution in [0.25, 0.3) is 0 Å². The molecule has 2 unspecified atom stereocenters. The number of hydrogen-bond donors (Lipinski definition) is 1. The van der Waals surface area contributed by atoms with Crippen LogP contribution < -0.4 is 5.32 Å². The molecule has 0 aromatic carbocycles. The lowest BCUT2D eigenvalue weighted by atomic mass is 10.2. The highest BCUT2D eigenvalue weighted by Crippen LogP contribution is 2.24. The topological polar surface area (TPSA) is 38.3 Å². The number of ether oxygens (including phenoxy) is 1. The van der Waals surface area contributed by atoms with E-state index in [4.69, 9.17) is 4.74 Å². The number of carbonyl (C=O) groups is 1. The van der Waals surface area contributed by atoms with Crippen LogP contribution in [-0.2, 0) is 9.53 Å². The van der Waals surface area contributed by atoms with E-state index in [0.29, 0.717) is 5.37 Å². The van der Waals surface area contributed by atoms with Gasteiger partial charge in [-0.2, -0.15) is 0 Å². The maximum absolute atomic E-state index is 11.8. The molecule has 3 nitrogen and oxygen atoms in total. The summed E-state index contributed by atoms with van der Waals surface area (Å²) in [5.74, 6) is 0.731. The van der Waals surface area contributed by atoms with E-state index in [0.717, 1.165) is 12.2 Å². The van der Waals surface area contributed by atoms with Gasteiger partial charge in [-0.25, -0.2) is 0 Å². The standard InChI is InChI=1S/C13H25NO2S/c1-5-6-7-8-11-14-10(9-17-11)12(15)16-13(2,3)4/h10-11,14H,5-9H2,1-4H3. The van der Waals surface area contributed by atoms with Crippen molar-refractivity contribution < 1.29 is 9.53 Å². The molecule has 0 spiro atoms. The van der Waals surface area contributed by atoms with Crippen molar-refractivity contribution in [2.45, 2.75) is 70.4 Å². The Morgan fingerprint density at radius 1 is 1.41 bits per heavy atom. The summed E-state index contributed by atoms with van der Waals surface area (Å²) in [6.45, 7) is 7.93. The molecule has 0 saturated carbocycles. The Balaban J connectivity index is 2.27. The van der Waals surface area contributed by atoms with Gasteiger partial charge in [0.15, 0.2) is 0 Å². The smallest absolute Gasteiger partial charge is 0.324 e. The van der Waals surface area contributed by atoms with Gasteiger partial charge in [0.1, 0.15) is 11.6 Å². The minimum absolute atomic E-state index is 0.108. The average Bonchev–Trinajstić information content (AvgIpc) is 2.64. The maximum Gasteiger partial charge on any atom is 0.324 e. The molecule has 1 saturated heterocycles. The molecule has 100 valence electrons. The highest BCUT2D eigenvalue weighted by atomic mass is 32.2. The Hall–Kier alpha value is -0.220. The summed E-state index contributed by atoms with van der Waals surface area (Å²) in [6.07, 6.45) is 4.91. The van der Waals surface area contributed by atoms with E-state index >= 15 is 0 Å². The lowest BCUT2D eigenvalue weighted by Gasteiger charge is -2.22. The third-order valence-corrected chi connectivity index (χ3v) is 3.91. The Bertz CT molecular complexity index is 250. The predicted octanol–water partition coefficient (Wildman–Crippen LogP) is 2.94. The van der Waals surface area contributed by atoms with Crippen LogP contribution in [0.3, 0.4) is 0 Å². The number of thioether (sulfide) groups is 1. The molecular formula is C13H25NO2S. The Kier molecular flexibility index (Phi) is 5.80. The van der Waals surface area contributed by atoms with Gasteiger partial charge in [-0.05, 0) is 27.2 Å². The Morgan fingerprint density at radius 3 is 2.71 bits per heavy atom. The van der Waals surface area contributed by atoms with Gasteiger partial charge in [-0.15, -0.1) is 11.8 Å². The fourth-order valence-corrected chi connectivity index (χ4v) is 3.04. The molecule has 2 atom stereocenters. The second kappa shape index (κ2) is 6.64. The summed E-state index contributed by atoms with van der Waals surface area (Å²) in [7, 11) is 0.